The summed E-state index contributed by atoms with van der Waals surface area (Å²) in [6, 6.07) is 8.86. The Morgan fingerprint density at radius 2 is 2.06 bits per heavy atom. The lowest BCUT2D eigenvalue weighted by Gasteiger charge is -2.20. The van der Waals surface area contributed by atoms with Crippen LogP contribution >= 0.6 is 7.52 Å². The second-order valence-corrected chi connectivity index (χ2v) is 6.03. The van der Waals surface area contributed by atoms with Crippen LogP contribution in [0.15, 0.2) is 30.3 Å². The number of aldehydes is 1. The van der Waals surface area contributed by atoms with Crippen molar-refractivity contribution in [3.05, 3.63) is 35.9 Å². The molecule has 0 heterocycles. The smallest absolute Gasteiger partial charge is 0.295 e. The average molecular weight is 271 g/mol. The summed E-state index contributed by atoms with van der Waals surface area (Å²) in [6.07, 6.45) is 0.603. The van der Waals surface area contributed by atoms with Crippen LogP contribution in [-0.4, -0.2) is 25.8 Å². The standard InChI is InChI=1S/C12H18NO4P/c1-11(8-14)13-18(15,10-16-2)17-9-12-6-4-3-5-7-12/h3-8,11H,9-10H2,1-2H3,(H,13,15). The van der Waals surface area contributed by atoms with Crippen molar-refractivity contribution in [1.82, 2.24) is 5.09 Å². The number of carbonyl (C=O) groups excluding carboxylic acids is 1. The molecule has 18 heavy (non-hydrogen) atoms. The van der Waals surface area contributed by atoms with Crippen LogP contribution in [0.4, 0.5) is 0 Å². The Morgan fingerprint density at radius 3 is 2.61 bits per heavy atom. The van der Waals surface area contributed by atoms with E-state index in [9.17, 15) is 9.36 Å². The highest BCUT2D eigenvalue weighted by atomic mass is 31.2. The predicted octanol–water partition coefficient (Wildman–Crippen LogP) is 2.18. The molecule has 0 saturated heterocycles. The van der Waals surface area contributed by atoms with Crippen LogP contribution in [-0.2, 0) is 25.2 Å². The number of methoxy groups -OCH3 is 1. The zero-order chi connectivity index (χ0) is 13.4. The number of benzene rings is 1. The summed E-state index contributed by atoms with van der Waals surface area (Å²) in [7, 11) is -1.72. The Kier molecular flexibility index (Phi) is 6.22. The molecule has 0 fully saturated rings. The quantitative estimate of drug-likeness (QED) is 0.580. The Labute approximate surface area is 107 Å². The zero-order valence-electron chi connectivity index (χ0n) is 10.5. The second kappa shape index (κ2) is 7.44. The molecular formula is C12H18NO4P. The fourth-order valence-corrected chi connectivity index (χ4v) is 2.98. The molecule has 2 atom stereocenters. The lowest BCUT2D eigenvalue weighted by molar-refractivity contribution is -0.108. The first-order valence-electron chi connectivity index (χ1n) is 5.59. The molecule has 1 N–H and O–H groups in total. The van der Waals surface area contributed by atoms with E-state index < -0.39 is 13.6 Å². The van der Waals surface area contributed by atoms with Crippen LogP contribution in [0, 0.1) is 0 Å². The zero-order valence-corrected chi connectivity index (χ0v) is 11.4. The lowest BCUT2D eigenvalue weighted by Crippen LogP contribution is -2.27. The molecule has 0 bridgehead atoms. The highest BCUT2D eigenvalue weighted by molar-refractivity contribution is 7.56. The first kappa shape index (κ1) is 15.1. The van der Waals surface area contributed by atoms with Gasteiger partial charge in [-0.25, -0.2) is 5.09 Å². The van der Waals surface area contributed by atoms with Gasteiger partial charge in [0.15, 0.2) is 0 Å². The van der Waals surface area contributed by atoms with Crippen LogP contribution in [0.5, 0.6) is 0 Å². The minimum Gasteiger partial charge on any atom is -0.373 e. The van der Waals surface area contributed by atoms with Crippen LogP contribution < -0.4 is 5.09 Å². The van der Waals surface area contributed by atoms with Crippen LogP contribution in [0.2, 0.25) is 0 Å². The van der Waals surface area contributed by atoms with Gasteiger partial charge in [-0.3, -0.25) is 4.57 Å². The molecule has 0 spiro atoms. The fourth-order valence-electron chi connectivity index (χ4n) is 1.38. The molecule has 0 radical (unpaired) electrons. The molecule has 0 aliphatic heterocycles. The number of nitrogens with one attached hydrogen (secondary N) is 1. The number of ether oxygens (including phenoxy) is 1. The van der Waals surface area contributed by atoms with E-state index in [0.717, 1.165) is 5.56 Å². The largest absolute Gasteiger partial charge is 0.373 e. The van der Waals surface area contributed by atoms with E-state index in [0.29, 0.717) is 6.29 Å². The number of hydrogen-bond donors (Lipinski definition) is 1. The first-order valence-corrected chi connectivity index (χ1v) is 7.40. The summed E-state index contributed by atoms with van der Waals surface area (Å²) in [5.41, 5.74) is 0.911. The van der Waals surface area contributed by atoms with Crippen molar-refractivity contribution in [1.29, 1.82) is 0 Å². The maximum absolute atomic E-state index is 12.3. The van der Waals surface area contributed by atoms with E-state index in [2.05, 4.69) is 5.09 Å². The van der Waals surface area contributed by atoms with Crippen LogP contribution in [0.25, 0.3) is 0 Å². The minimum absolute atomic E-state index is 0.0714. The molecule has 0 saturated carbocycles. The maximum atomic E-state index is 12.3. The van der Waals surface area contributed by atoms with Gasteiger partial charge in [-0.1, -0.05) is 30.3 Å². The van der Waals surface area contributed by atoms with Gasteiger partial charge in [-0.2, -0.15) is 0 Å². The summed E-state index contributed by atoms with van der Waals surface area (Å²) in [6.45, 7) is 1.82. The van der Waals surface area contributed by atoms with E-state index in [1.54, 1.807) is 6.92 Å². The van der Waals surface area contributed by atoms with Crippen molar-refractivity contribution in [3.8, 4) is 0 Å². The third kappa shape index (κ3) is 5.10. The van der Waals surface area contributed by atoms with Gasteiger partial charge in [-0.05, 0) is 12.5 Å². The van der Waals surface area contributed by atoms with E-state index in [-0.39, 0.29) is 13.0 Å². The predicted molar refractivity (Wildman–Crippen MR) is 69.4 cm³/mol. The average Bonchev–Trinajstić information content (AvgIpc) is 2.38. The van der Waals surface area contributed by atoms with E-state index in [1.165, 1.54) is 7.11 Å². The molecular weight excluding hydrogens is 253 g/mol. The molecule has 0 amide bonds. The molecule has 0 aromatic heterocycles. The summed E-state index contributed by atoms with van der Waals surface area (Å²) >= 11 is 0. The van der Waals surface area contributed by atoms with Gasteiger partial charge >= 0.3 is 0 Å². The number of rotatable bonds is 8. The summed E-state index contributed by atoms with van der Waals surface area (Å²) < 4.78 is 22.6. The molecule has 0 aliphatic rings. The summed E-state index contributed by atoms with van der Waals surface area (Å²) in [4.78, 5) is 10.6. The van der Waals surface area contributed by atoms with Gasteiger partial charge in [0.1, 0.15) is 12.6 Å². The Morgan fingerprint density at radius 1 is 1.39 bits per heavy atom. The first-order chi connectivity index (χ1) is 8.59. The highest BCUT2D eigenvalue weighted by Gasteiger charge is 2.25. The molecule has 2 unspecified atom stereocenters. The second-order valence-electron chi connectivity index (χ2n) is 3.90. The third-order valence-corrected chi connectivity index (χ3v) is 4.13. The van der Waals surface area contributed by atoms with Crippen molar-refractivity contribution >= 4 is 13.8 Å². The highest BCUT2D eigenvalue weighted by Crippen LogP contribution is 2.43. The molecule has 0 aliphatic carbocycles. The topological polar surface area (TPSA) is 64.6 Å². The summed E-state index contributed by atoms with van der Waals surface area (Å²) in [5, 5.41) is 2.65. The Hall–Kier alpha value is -1.00. The fraction of sp³-hybridized carbons (Fsp3) is 0.417. The Bertz CT molecular complexity index is 410. The van der Waals surface area contributed by atoms with Crippen LogP contribution in [0.3, 0.4) is 0 Å². The number of carbonyl (C=O) groups is 1. The molecule has 1 aromatic rings. The lowest BCUT2D eigenvalue weighted by atomic mass is 10.2. The minimum atomic E-state index is -3.16. The van der Waals surface area contributed by atoms with Crippen molar-refractivity contribution in [2.45, 2.75) is 19.6 Å². The maximum Gasteiger partial charge on any atom is 0.295 e. The third-order valence-electron chi connectivity index (χ3n) is 2.19. The van der Waals surface area contributed by atoms with Gasteiger partial charge < -0.3 is 14.1 Å². The van der Waals surface area contributed by atoms with E-state index >= 15 is 0 Å². The van der Waals surface area contributed by atoms with Crippen molar-refractivity contribution < 1.29 is 18.6 Å². The molecule has 5 nitrogen and oxygen atoms in total. The molecule has 100 valence electrons. The monoisotopic (exact) mass is 271 g/mol. The normalized spacial score (nSPS) is 15.9. The SMILES string of the molecule is COCP(=O)(NC(C)C=O)OCc1ccccc1. The van der Waals surface area contributed by atoms with E-state index in [1.807, 2.05) is 30.3 Å². The number of hydrogen-bond acceptors (Lipinski definition) is 4. The summed E-state index contributed by atoms with van der Waals surface area (Å²) in [5.74, 6) is 0. The van der Waals surface area contributed by atoms with Crippen molar-refractivity contribution in [3.63, 3.8) is 0 Å². The van der Waals surface area contributed by atoms with Gasteiger partial charge in [-0.15, -0.1) is 0 Å². The van der Waals surface area contributed by atoms with Gasteiger partial charge in [0.2, 0.25) is 0 Å². The van der Waals surface area contributed by atoms with Gasteiger partial charge in [0, 0.05) is 7.11 Å². The molecule has 1 aromatic carbocycles. The molecule has 1 rings (SSSR count). The van der Waals surface area contributed by atoms with Crippen molar-refractivity contribution in [2.75, 3.05) is 13.5 Å². The van der Waals surface area contributed by atoms with Gasteiger partial charge in [0.25, 0.3) is 7.52 Å². The Balaban J connectivity index is 2.62. The molecule has 6 heteroatoms. The van der Waals surface area contributed by atoms with Crippen molar-refractivity contribution in [2.24, 2.45) is 0 Å². The van der Waals surface area contributed by atoms with Crippen LogP contribution in [0.1, 0.15) is 12.5 Å². The van der Waals surface area contributed by atoms with E-state index in [4.69, 9.17) is 9.26 Å². The van der Waals surface area contributed by atoms with Gasteiger partial charge in [0.05, 0.1) is 12.6 Å².